The number of hydrogen-bond donors (Lipinski definition) is 2. The van der Waals surface area contributed by atoms with Crippen molar-refractivity contribution in [2.24, 2.45) is 5.73 Å². The molecule has 0 aliphatic heterocycles. The molecule has 0 aromatic heterocycles. The minimum atomic E-state index is -4.41. The topological polar surface area (TPSA) is 134 Å². The van der Waals surface area contributed by atoms with Crippen LogP contribution in [0.1, 0.15) is 232 Å². The predicted octanol–water partition coefficient (Wildman–Crippen LogP) is 17.8. The fourth-order valence-electron chi connectivity index (χ4n) is 7.47. The standard InChI is InChI=1S/C61H104NO8P/c1-3-5-7-9-11-13-15-17-19-21-23-25-27-28-29-30-32-34-36-38-40-42-44-46-48-50-52-54-61(64)70-59(58-69-71(65,66)68-56-55-62)57-67-60(63)53-51-49-47-45-43-41-39-37-35-33-31-26-24-22-20-18-16-14-12-10-8-6-4-2/h5,7,11,13,17,19,22-25,28-29,32,34,38,40,44,46,59H,3-4,6,8-10,12,14-16,18,20-21,26-27,30-31,33,35-37,39,41-43,45,47-58,62H2,1-2H3,(H,65,66)/b7-5-,13-11-,19-17-,24-22-,25-23-,29-28-,34-32-,40-38-,46-44-. The molecule has 2 unspecified atom stereocenters. The lowest BCUT2D eigenvalue weighted by molar-refractivity contribution is -0.161. The molecular weight excluding hydrogens is 906 g/mol. The van der Waals surface area contributed by atoms with Gasteiger partial charge in [-0.05, 0) is 103 Å². The Hall–Kier alpha value is -3.33. The normalized spacial score (nSPS) is 13.9. The molecular formula is C61H104NO8P. The summed E-state index contributed by atoms with van der Waals surface area (Å²) < 4.78 is 33.0. The Morgan fingerprint density at radius 2 is 0.775 bits per heavy atom. The molecule has 0 aromatic rings. The van der Waals surface area contributed by atoms with Crippen LogP contribution in [0.3, 0.4) is 0 Å². The molecule has 0 bridgehead atoms. The average Bonchev–Trinajstić information content (AvgIpc) is 3.36. The molecule has 0 aliphatic rings. The fraction of sp³-hybridized carbons (Fsp3) is 0.672. The van der Waals surface area contributed by atoms with Crippen molar-refractivity contribution >= 4 is 19.8 Å². The Morgan fingerprint density at radius 1 is 0.437 bits per heavy atom. The monoisotopic (exact) mass is 1010 g/mol. The number of rotatable bonds is 52. The fourth-order valence-corrected chi connectivity index (χ4v) is 8.23. The van der Waals surface area contributed by atoms with Crippen LogP contribution in [0.15, 0.2) is 109 Å². The number of phosphoric acid groups is 1. The summed E-state index contributed by atoms with van der Waals surface area (Å²) in [5.74, 6) is -0.884. The molecule has 0 heterocycles. The highest BCUT2D eigenvalue weighted by Gasteiger charge is 2.26. The Bertz CT molecular complexity index is 1530. The molecule has 71 heavy (non-hydrogen) atoms. The molecule has 0 aliphatic carbocycles. The summed E-state index contributed by atoms with van der Waals surface area (Å²) >= 11 is 0. The lowest BCUT2D eigenvalue weighted by atomic mass is 10.0. The number of ether oxygens (including phenoxy) is 2. The van der Waals surface area contributed by atoms with Gasteiger partial charge < -0.3 is 20.1 Å². The van der Waals surface area contributed by atoms with Crippen LogP contribution in [0.4, 0.5) is 0 Å². The molecule has 0 amide bonds. The average molecular weight is 1010 g/mol. The summed E-state index contributed by atoms with van der Waals surface area (Å²) in [6.45, 7) is 3.58. The van der Waals surface area contributed by atoms with Crippen molar-refractivity contribution in [2.45, 2.75) is 238 Å². The zero-order valence-electron chi connectivity index (χ0n) is 45.2. The minimum absolute atomic E-state index is 0.0405. The first-order valence-corrected chi connectivity index (χ1v) is 29.9. The SMILES string of the molecule is CC/C=C\C/C=C\C/C=C\C/C=C\C/C=C\C/C=C\C/C=C\C/C=C\CCCCC(=O)OC(COC(=O)CCCCCCCCCCCCC/C=C\CCCCCCCCCC)COP(=O)(O)OCCN. The van der Waals surface area contributed by atoms with Gasteiger partial charge in [-0.1, -0.05) is 226 Å². The summed E-state index contributed by atoms with van der Waals surface area (Å²) in [5.41, 5.74) is 5.37. The molecule has 0 saturated heterocycles. The quantitative estimate of drug-likeness (QED) is 0.0264. The Labute approximate surface area is 435 Å². The van der Waals surface area contributed by atoms with Crippen LogP contribution in [0.5, 0.6) is 0 Å². The first-order chi connectivity index (χ1) is 34.8. The Morgan fingerprint density at radius 3 is 1.20 bits per heavy atom. The van der Waals surface area contributed by atoms with Crippen molar-refractivity contribution in [3.05, 3.63) is 109 Å². The number of allylic oxidation sites excluding steroid dienone is 18. The second kappa shape index (κ2) is 56.0. The highest BCUT2D eigenvalue weighted by Crippen LogP contribution is 2.43. The van der Waals surface area contributed by atoms with Crippen LogP contribution >= 0.6 is 7.82 Å². The van der Waals surface area contributed by atoms with Crippen LogP contribution in [-0.4, -0.2) is 49.3 Å². The summed E-state index contributed by atoms with van der Waals surface area (Å²) in [6, 6.07) is 0. The maximum Gasteiger partial charge on any atom is 0.472 e. The predicted molar refractivity (Wildman–Crippen MR) is 302 cm³/mol. The zero-order chi connectivity index (χ0) is 51.7. The van der Waals surface area contributed by atoms with E-state index in [9.17, 15) is 19.0 Å². The first kappa shape index (κ1) is 67.7. The molecule has 0 fully saturated rings. The van der Waals surface area contributed by atoms with Gasteiger partial charge in [0.15, 0.2) is 6.10 Å². The second-order valence-electron chi connectivity index (χ2n) is 18.4. The third-order valence-electron chi connectivity index (χ3n) is 11.6. The number of nitrogens with two attached hydrogens (primary N) is 1. The van der Waals surface area contributed by atoms with Crippen LogP contribution in [0.25, 0.3) is 0 Å². The third-order valence-corrected chi connectivity index (χ3v) is 12.6. The van der Waals surface area contributed by atoms with Gasteiger partial charge in [-0.25, -0.2) is 4.57 Å². The molecule has 0 saturated carbocycles. The summed E-state index contributed by atoms with van der Waals surface area (Å²) in [6.07, 6.45) is 75.7. The van der Waals surface area contributed by atoms with Gasteiger partial charge >= 0.3 is 19.8 Å². The largest absolute Gasteiger partial charge is 0.472 e. The van der Waals surface area contributed by atoms with E-state index in [-0.39, 0.29) is 32.6 Å². The van der Waals surface area contributed by atoms with Crippen molar-refractivity contribution in [1.29, 1.82) is 0 Å². The Kier molecular flexibility index (Phi) is 53.3. The van der Waals surface area contributed by atoms with Gasteiger partial charge in [0.1, 0.15) is 6.61 Å². The van der Waals surface area contributed by atoms with E-state index in [2.05, 4.69) is 123 Å². The maximum absolute atomic E-state index is 12.7. The molecule has 0 spiro atoms. The van der Waals surface area contributed by atoms with E-state index >= 15 is 0 Å². The Balaban J connectivity index is 4.12. The number of carbonyl (C=O) groups excluding carboxylic acids is 2. The number of unbranched alkanes of at least 4 members (excludes halogenated alkanes) is 21. The summed E-state index contributed by atoms with van der Waals surface area (Å²) in [5, 5.41) is 0. The van der Waals surface area contributed by atoms with Crippen molar-refractivity contribution in [2.75, 3.05) is 26.4 Å². The van der Waals surface area contributed by atoms with Crippen molar-refractivity contribution in [3.8, 4) is 0 Å². The first-order valence-electron chi connectivity index (χ1n) is 28.4. The highest BCUT2D eigenvalue weighted by atomic mass is 31.2. The van der Waals surface area contributed by atoms with Crippen molar-refractivity contribution < 1.29 is 37.6 Å². The molecule has 406 valence electrons. The molecule has 9 nitrogen and oxygen atoms in total. The number of phosphoric ester groups is 1. The van der Waals surface area contributed by atoms with E-state index < -0.39 is 32.5 Å². The number of carbonyl (C=O) groups is 2. The summed E-state index contributed by atoms with van der Waals surface area (Å²) in [7, 11) is -4.41. The minimum Gasteiger partial charge on any atom is -0.462 e. The molecule has 0 rings (SSSR count). The van der Waals surface area contributed by atoms with Crippen LogP contribution in [-0.2, 0) is 32.7 Å². The van der Waals surface area contributed by atoms with Gasteiger partial charge in [0.05, 0.1) is 13.2 Å². The highest BCUT2D eigenvalue weighted by molar-refractivity contribution is 7.47. The van der Waals surface area contributed by atoms with Crippen molar-refractivity contribution in [1.82, 2.24) is 0 Å². The lowest BCUT2D eigenvalue weighted by Crippen LogP contribution is -2.29. The van der Waals surface area contributed by atoms with Gasteiger partial charge in [-0.3, -0.25) is 18.6 Å². The van der Waals surface area contributed by atoms with Crippen LogP contribution < -0.4 is 5.73 Å². The van der Waals surface area contributed by atoms with Gasteiger partial charge in [-0.15, -0.1) is 0 Å². The maximum atomic E-state index is 12.7. The van der Waals surface area contributed by atoms with E-state index in [0.717, 1.165) is 83.5 Å². The van der Waals surface area contributed by atoms with E-state index in [1.807, 2.05) is 0 Å². The summed E-state index contributed by atoms with van der Waals surface area (Å²) in [4.78, 5) is 35.2. The molecule has 2 atom stereocenters. The number of esters is 2. The van der Waals surface area contributed by atoms with E-state index in [4.69, 9.17) is 24.3 Å². The van der Waals surface area contributed by atoms with Gasteiger partial charge in [0.2, 0.25) is 0 Å². The smallest absolute Gasteiger partial charge is 0.462 e. The van der Waals surface area contributed by atoms with Crippen LogP contribution in [0.2, 0.25) is 0 Å². The van der Waals surface area contributed by atoms with Gasteiger partial charge in [-0.2, -0.15) is 0 Å². The second-order valence-corrected chi connectivity index (χ2v) is 19.9. The molecule has 0 aromatic carbocycles. The van der Waals surface area contributed by atoms with Gasteiger partial charge in [0.25, 0.3) is 0 Å². The number of hydrogen-bond acceptors (Lipinski definition) is 8. The van der Waals surface area contributed by atoms with Crippen molar-refractivity contribution in [3.63, 3.8) is 0 Å². The van der Waals surface area contributed by atoms with E-state index in [1.165, 1.54) is 116 Å². The lowest BCUT2D eigenvalue weighted by Gasteiger charge is -2.19. The van der Waals surface area contributed by atoms with E-state index in [1.54, 1.807) is 0 Å². The van der Waals surface area contributed by atoms with Crippen LogP contribution in [0, 0.1) is 0 Å². The van der Waals surface area contributed by atoms with Gasteiger partial charge in [0, 0.05) is 19.4 Å². The van der Waals surface area contributed by atoms with E-state index in [0.29, 0.717) is 6.42 Å². The zero-order valence-corrected chi connectivity index (χ0v) is 46.1. The molecule has 3 N–H and O–H groups in total. The molecule has 0 radical (unpaired) electrons. The third kappa shape index (κ3) is 55.8. The molecule has 10 heteroatoms.